The van der Waals surface area contributed by atoms with Crippen LogP contribution in [0.25, 0.3) is 0 Å². The Morgan fingerprint density at radius 3 is 2.47 bits per heavy atom. The molecule has 0 aliphatic heterocycles. The van der Waals surface area contributed by atoms with Crippen molar-refractivity contribution in [1.82, 2.24) is 10.2 Å². The fourth-order valence-corrected chi connectivity index (χ4v) is 2.26. The molecule has 0 spiro atoms. The van der Waals surface area contributed by atoms with Gasteiger partial charge in [-0.15, -0.1) is 0 Å². The zero-order valence-electron chi connectivity index (χ0n) is 13.5. The minimum absolute atomic E-state index is 0.192. The highest BCUT2D eigenvalue weighted by Gasteiger charge is 2.16. The molecule has 0 fully saturated rings. The van der Waals surface area contributed by atoms with Gasteiger partial charge in [0.15, 0.2) is 0 Å². The van der Waals surface area contributed by atoms with Crippen LogP contribution in [-0.4, -0.2) is 30.1 Å². The monoisotopic (exact) mass is 262 g/mol. The average Bonchev–Trinajstić information content (AvgIpc) is 2.28. The molecule has 1 aromatic carbocycles. The molecule has 1 atom stereocenters. The van der Waals surface area contributed by atoms with Gasteiger partial charge in [-0.05, 0) is 46.7 Å². The van der Waals surface area contributed by atoms with Crippen LogP contribution in [0.3, 0.4) is 0 Å². The van der Waals surface area contributed by atoms with E-state index in [4.69, 9.17) is 0 Å². The Kier molecular flexibility index (Phi) is 6.02. The second-order valence-corrected chi connectivity index (χ2v) is 6.60. The minimum atomic E-state index is 0.192. The number of aryl methyl sites for hydroxylation is 1. The molecule has 0 aliphatic rings. The summed E-state index contributed by atoms with van der Waals surface area (Å²) >= 11 is 0. The lowest BCUT2D eigenvalue weighted by Gasteiger charge is -2.31. The molecule has 0 amide bonds. The first kappa shape index (κ1) is 16.2. The number of likely N-dealkylation sites (N-methyl/N-ethyl adjacent to an activating group) is 1. The molecule has 0 radical (unpaired) electrons. The Hall–Kier alpha value is -0.860. The van der Waals surface area contributed by atoms with E-state index in [9.17, 15) is 0 Å². The molecule has 1 unspecified atom stereocenters. The normalized spacial score (nSPS) is 13.8. The quantitative estimate of drug-likeness (QED) is 0.843. The summed E-state index contributed by atoms with van der Waals surface area (Å²) < 4.78 is 0. The van der Waals surface area contributed by atoms with Gasteiger partial charge >= 0.3 is 0 Å². The van der Waals surface area contributed by atoms with Crippen molar-refractivity contribution in [3.8, 4) is 0 Å². The van der Waals surface area contributed by atoms with Crippen molar-refractivity contribution in [3.05, 3.63) is 35.4 Å². The third-order valence-corrected chi connectivity index (χ3v) is 3.48. The highest BCUT2D eigenvalue weighted by Crippen LogP contribution is 2.11. The third kappa shape index (κ3) is 6.22. The van der Waals surface area contributed by atoms with E-state index in [2.05, 4.69) is 76.1 Å². The van der Waals surface area contributed by atoms with E-state index in [1.165, 1.54) is 17.5 Å². The minimum Gasteiger partial charge on any atom is -0.311 e. The van der Waals surface area contributed by atoms with Crippen LogP contribution < -0.4 is 5.32 Å². The van der Waals surface area contributed by atoms with E-state index >= 15 is 0 Å². The summed E-state index contributed by atoms with van der Waals surface area (Å²) in [5.41, 5.74) is 2.93. The van der Waals surface area contributed by atoms with Crippen molar-refractivity contribution in [2.45, 2.75) is 59.2 Å². The lowest BCUT2D eigenvalue weighted by Crippen LogP contribution is -2.46. The van der Waals surface area contributed by atoms with Gasteiger partial charge in [0.05, 0.1) is 0 Å². The summed E-state index contributed by atoms with van der Waals surface area (Å²) in [5, 5.41) is 3.61. The molecule has 0 aliphatic carbocycles. The van der Waals surface area contributed by atoms with E-state index in [0.29, 0.717) is 6.04 Å². The number of nitrogens with one attached hydrogen (secondary N) is 1. The van der Waals surface area contributed by atoms with Crippen LogP contribution in [0.4, 0.5) is 0 Å². The van der Waals surface area contributed by atoms with Gasteiger partial charge in [-0.1, -0.05) is 36.8 Å². The Labute approximate surface area is 119 Å². The summed E-state index contributed by atoms with van der Waals surface area (Å²) in [5.74, 6) is 0. The molecule has 2 nitrogen and oxygen atoms in total. The Balaban J connectivity index is 2.56. The van der Waals surface area contributed by atoms with Crippen molar-refractivity contribution < 1.29 is 0 Å². The summed E-state index contributed by atoms with van der Waals surface area (Å²) in [4.78, 5) is 2.45. The van der Waals surface area contributed by atoms with Gasteiger partial charge in [0, 0.05) is 24.7 Å². The van der Waals surface area contributed by atoms with Crippen molar-refractivity contribution in [1.29, 1.82) is 0 Å². The maximum Gasteiger partial charge on any atom is 0.0234 e. The van der Waals surface area contributed by atoms with Gasteiger partial charge in [-0.25, -0.2) is 0 Å². The van der Waals surface area contributed by atoms with Crippen molar-refractivity contribution in [3.63, 3.8) is 0 Å². The zero-order valence-corrected chi connectivity index (χ0v) is 13.5. The lowest BCUT2D eigenvalue weighted by atomic mass is 10.1. The molecule has 1 aromatic rings. The SMILES string of the molecule is CCC(CNC(C)(C)C)N(C)Cc1cccc(C)c1. The van der Waals surface area contributed by atoms with Gasteiger partial charge < -0.3 is 5.32 Å². The molecular weight excluding hydrogens is 232 g/mol. The van der Waals surface area contributed by atoms with Crippen LogP contribution in [0, 0.1) is 6.92 Å². The van der Waals surface area contributed by atoms with Gasteiger partial charge in [-0.2, -0.15) is 0 Å². The molecule has 2 heteroatoms. The van der Waals surface area contributed by atoms with E-state index < -0.39 is 0 Å². The standard InChI is InChI=1S/C17H30N2/c1-7-16(12-18-17(3,4)5)19(6)13-15-10-8-9-14(2)11-15/h8-11,16,18H,7,12-13H2,1-6H3. The molecule has 19 heavy (non-hydrogen) atoms. The molecular formula is C17H30N2. The molecule has 1 N–H and O–H groups in total. The summed E-state index contributed by atoms with van der Waals surface area (Å²) in [6.45, 7) is 13.2. The van der Waals surface area contributed by atoms with Crippen molar-refractivity contribution in [2.75, 3.05) is 13.6 Å². The molecule has 0 heterocycles. The summed E-state index contributed by atoms with van der Waals surface area (Å²) in [6, 6.07) is 9.38. The van der Waals surface area contributed by atoms with Crippen LogP contribution in [-0.2, 0) is 6.54 Å². The lowest BCUT2D eigenvalue weighted by molar-refractivity contribution is 0.208. The Bertz CT molecular complexity index is 379. The van der Waals surface area contributed by atoms with E-state index in [1.807, 2.05) is 0 Å². The number of hydrogen-bond acceptors (Lipinski definition) is 2. The largest absolute Gasteiger partial charge is 0.311 e. The summed E-state index contributed by atoms with van der Waals surface area (Å²) in [6.07, 6.45) is 1.17. The van der Waals surface area contributed by atoms with Crippen LogP contribution >= 0.6 is 0 Å². The first-order valence-corrected chi connectivity index (χ1v) is 7.32. The second kappa shape index (κ2) is 7.06. The maximum absolute atomic E-state index is 3.61. The number of benzene rings is 1. The Morgan fingerprint density at radius 1 is 1.26 bits per heavy atom. The molecule has 0 saturated carbocycles. The number of rotatable bonds is 6. The van der Waals surface area contributed by atoms with Gasteiger partial charge in [0.25, 0.3) is 0 Å². The van der Waals surface area contributed by atoms with Crippen molar-refractivity contribution in [2.24, 2.45) is 0 Å². The predicted molar refractivity (Wildman–Crippen MR) is 84.5 cm³/mol. The van der Waals surface area contributed by atoms with E-state index in [0.717, 1.165) is 13.1 Å². The number of hydrogen-bond donors (Lipinski definition) is 1. The van der Waals surface area contributed by atoms with E-state index in [-0.39, 0.29) is 5.54 Å². The Morgan fingerprint density at radius 2 is 1.95 bits per heavy atom. The fourth-order valence-electron chi connectivity index (χ4n) is 2.26. The van der Waals surface area contributed by atoms with Gasteiger partial charge in [0.1, 0.15) is 0 Å². The molecule has 0 saturated heterocycles. The second-order valence-electron chi connectivity index (χ2n) is 6.60. The molecule has 108 valence electrons. The molecule has 1 rings (SSSR count). The maximum atomic E-state index is 3.61. The average molecular weight is 262 g/mol. The van der Waals surface area contributed by atoms with E-state index in [1.54, 1.807) is 0 Å². The van der Waals surface area contributed by atoms with Crippen LogP contribution in [0.2, 0.25) is 0 Å². The molecule has 0 bridgehead atoms. The van der Waals surface area contributed by atoms with Gasteiger partial charge in [0.2, 0.25) is 0 Å². The highest BCUT2D eigenvalue weighted by molar-refractivity contribution is 5.22. The van der Waals surface area contributed by atoms with Crippen LogP contribution in [0.15, 0.2) is 24.3 Å². The smallest absolute Gasteiger partial charge is 0.0234 e. The predicted octanol–water partition coefficient (Wildman–Crippen LogP) is 3.59. The zero-order chi connectivity index (χ0) is 14.5. The highest BCUT2D eigenvalue weighted by atomic mass is 15.2. The third-order valence-electron chi connectivity index (χ3n) is 3.48. The van der Waals surface area contributed by atoms with Crippen molar-refractivity contribution >= 4 is 0 Å². The first-order valence-electron chi connectivity index (χ1n) is 7.32. The van der Waals surface area contributed by atoms with Gasteiger partial charge in [-0.3, -0.25) is 4.90 Å². The topological polar surface area (TPSA) is 15.3 Å². The van der Waals surface area contributed by atoms with Crippen LogP contribution in [0.1, 0.15) is 45.2 Å². The molecule has 0 aromatic heterocycles. The fraction of sp³-hybridized carbons (Fsp3) is 0.647. The van der Waals surface area contributed by atoms with Crippen LogP contribution in [0.5, 0.6) is 0 Å². The first-order chi connectivity index (χ1) is 8.81. The number of nitrogens with zero attached hydrogens (tertiary/aromatic N) is 1. The summed E-state index contributed by atoms with van der Waals surface area (Å²) in [7, 11) is 2.22.